The number of hydrogen-bond donors (Lipinski definition) is 21. The molecule has 26 N–H and O–H groups in total. The lowest BCUT2D eigenvalue weighted by Gasteiger charge is -2.29. The number of nitrogens with two attached hydrogens (primary N) is 5. The first-order valence-corrected chi connectivity index (χ1v) is 41.6. The molecule has 1 rings (SSSR count). The molecule has 0 fully saturated rings. The van der Waals surface area contributed by atoms with Crippen LogP contribution >= 0.6 is 0 Å². The van der Waals surface area contributed by atoms with E-state index in [4.69, 9.17) is 28.7 Å². The maximum absolute atomic E-state index is 14.7. The summed E-state index contributed by atoms with van der Waals surface area (Å²) in [6, 6.07) is -9.35. The summed E-state index contributed by atoms with van der Waals surface area (Å²) in [6.07, 6.45) is 11.1. The first kappa shape index (κ1) is 107. The number of carboxylic acids is 4. The molecule has 0 saturated carbocycles. The molecule has 0 bridgehead atoms. The van der Waals surface area contributed by atoms with Gasteiger partial charge in [0.2, 0.25) is 76.8 Å². The van der Waals surface area contributed by atoms with E-state index in [1.165, 1.54) is 64.7 Å². The van der Waals surface area contributed by atoms with Crippen molar-refractivity contribution in [1.82, 2.24) is 63.8 Å². The van der Waals surface area contributed by atoms with Crippen molar-refractivity contribution in [3.8, 4) is 0 Å². The standard InChI is InChI=1S/C80H135N19O21/c1-9-12-13-14-15-16-17-18-19-20-21-22-23-27-34-61(101)98-67(49(7)11-3)77(118)89-50(8)68(109)91-54(35-38-60(81)100)70(111)94-55(36-39-63(103)104)71(112)96-57(43-47(4)5)74(115)93-52(32-28-41-86-79(82)83)69(110)92-53(33-29-42-87-80(84)85)73(114)99-66(48(6)10-2)76(117)88-46-62(102)90-58(45-65(107)108)75(116)95-56(37-40-64(105)106)72(113)97-59(78(119)120)44-51-30-25-24-26-31-51/h24-26,30-31,47-50,52-59,66-67H,9-23,27-29,32-46H2,1-8H3,(H2,81,100)(H,88,117)(H,89,118)(H,90,102)(H,91,109)(H,92,110)(H,93,115)(H,94,111)(H,95,116)(H,96,112)(H,97,113)(H,98,101)(H,99,114)(H,103,104)(H,105,106)(H,107,108)(H,119,120)(H4,82,83,86)(H4,84,85,87)/t48-,49-,50-,52-,53-,54-,55-,56-,57-,58-,59-,66-,67-/m0/s1. The third kappa shape index (κ3) is 47.4. The van der Waals surface area contributed by atoms with Crippen LogP contribution in [0.2, 0.25) is 0 Å². The van der Waals surface area contributed by atoms with Crippen LogP contribution in [0.25, 0.3) is 0 Å². The van der Waals surface area contributed by atoms with Crippen LogP contribution in [0.1, 0.15) is 247 Å². The van der Waals surface area contributed by atoms with Crippen molar-refractivity contribution in [2.75, 3.05) is 19.6 Å². The molecule has 40 heteroatoms. The highest BCUT2D eigenvalue weighted by Crippen LogP contribution is 2.18. The van der Waals surface area contributed by atoms with Gasteiger partial charge < -0.3 is 113 Å². The van der Waals surface area contributed by atoms with E-state index < -0.39 is 225 Å². The number of aliphatic carboxylic acids is 4. The molecule has 1 aromatic rings. The number of carbonyl (C=O) groups is 17. The van der Waals surface area contributed by atoms with Crippen molar-refractivity contribution in [2.45, 2.75) is 314 Å². The second kappa shape index (κ2) is 60.3. The number of benzene rings is 1. The molecule has 0 aliphatic rings. The molecule has 0 spiro atoms. The maximum Gasteiger partial charge on any atom is 0.326 e. The van der Waals surface area contributed by atoms with Gasteiger partial charge in [0, 0.05) is 45.2 Å². The van der Waals surface area contributed by atoms with Crippen LogP contribution in [0.3, 0.4) is 0 Å². The van der Waals surface area contributed by atoms with Gasteiger partial charge in [-0.05, 0) is 88.0 Å². The summed E-state index contributed by atoms with van der Waals surface area (Å²) in [4.78, 5) is 237. The minimum absolute atomic E-state index is 0.0104. The number of amides is 13. The van der Waals surface area contributed by atoms with Crippen molar-refractivity contribution >= 4 is 113 Å². The Morgan fingerprint density at radius 2 is 0.742 bits per heavy atom. The lowest BCUT2D eigenvalue weighted by atomic mass is 9.97. The molecular formula is C80H135N19O21. The van der Waals surface area contributed by atoms with Crippen LogP contribution in [0.4, 0.5) is 0 Å². The largest absolute Gasteiger partial charge is 0.481 e. The summed E-state index contributed by atoms with van der Waals surface area (Å²) in [5.74, 6) is -21.0. The van der Waals surface area contributed by atoms with E-state index in [1.54, 1.807) is 65.0 Å². The van der Waals surface area contributed by atoms with E-state index in [0.717, 1.165) is 25.7 Å². The van der Waals surface area contributed by atoms with Crippen LogP contribution in [0.15, 0.2) is 40.3 Å². The third-order valence-electron chi connectivity index (χ3n) is 19.8. The molecule has 0 saturated heterocycles. The predicted octanol–water partition coefficient (Wildman–Crippen LogP) is 0.369. The molecule has 120 heavy (non-hydrogen) atoms. The molecule has 13 atom stereocenters. The number of primary amides is 1. The molecule has 13 amide bonds. The van der Waals surface area contributed by atoms with Gasteiger partial charge in [0.1, 0.15) is 66.5 Å². The normalized spacial score (nSPS) is 14.3. The van der Waals surface area contributed by atoms with E-state index in [-0.39, 0.29) is 88.2 Å². The Balaban J connectivity index is 3.55. The first-order valence-electron chi connectivity index (χ1n) is 41.6. The Morgan fingerprint density at radius 1 is 0.358 bits per heavy atom. The minimum Gasteiger partial charge on any atom is -0.481 e. The quantitative estimate of drug-likeness (QED) is 0.0238. The van der Waals surface area contributed by atoms with Gasteiger partial charge in [0.25, 0.3) is 0 Å². The molecule has 1 aromatic carbocycles. The Labute approximate surface area is 701 Å². The molecule has 0 aromatic heterocycles. The van der Waals surface area contributed by atoms with Gasteiger partial charge in [0.15, 0.2) is 11.9 Å². The fraction of sp³-hybridized carbons (Fsp3) is 0.688. The molecule has 0 unspecified atom stereocenters. The Morgan fingerprint density at radius 3 is 1.15 bits per heavy atom. The minimum atomic E-state index is -1.99. The number of unbranched alkanes of at least 4 members (excludes halogenated alkanes) is 13. The average Bonchev–Trinajstić information content (AvgIpc) is 0.867. The Kier molecular flexibility index (Phi) is 53.6. The maximum atomic E-state index is 14.7. The molecule has 0 heterocycles. The fourth-order valence-electron chi connectivity index (χ4n) is 12.5. The smallest absolute Gasteiger partial charge is 0.326 e. The second-order valence-corrected chi connectivity index (χ2v) is 30.7. The van der Waals surface area contributed by atoms with Crippen LogP contribution < -0.4 is 92.5 Å². The van der Waals surface area contributed by atoms with Gasteiger partial charge in [-0.1, -0.05) is 175 Å². The first-order chi connectivity index (χ1) is 56.7. The Hall–Kier alpha value is -11.3. The lowest BCUT2D eigenvalue weighted by molar-refractivity contribution is -0.143. The van der Waals surface area contributed by atoms with E-state index in [9.17, 15) is 102 Å². The van der Waals surface area contributed by atoms with Gasteiger partial charge in [-0.25, -0.2) is 4.79 Å². The van der Waals surface area contributed by atoms with Gasteiger partial charge in [-0.15, -0.1) is 0 Å². The summed E-state index contributed by atoms with van der Waals surface area (Å²) in [5, 5.41) is 68.4. The number of hydrogen-bond acceptors (Lipinski definition) is 19. The molecule has 0 aliphatic heterocycles. The van der Waals surface area contributed by atoms with Crippen LogP contribution in [0, 0.1) is 17.8 Å². The summed E-state index contributed by atoms with van der Waals surface area (Å²) in [7, 11) is 0. The number of carboxylic acid groups (broad SMARTS) is 4. The summed E-state index contributed by atoms with van der Waals surface area (Å²) in [5.41, 5.74) is 28.3. The molecule has 40 nitrogen and oxygen atoms in total. The highest BCUT2D eigenvalue weighted by atomic mass is 16.4. The highest BCUT2D eigenvalue weighted by Gasteiger charge is 2.38. The molecule has 676 valence electrons. The van der Waals surface area contributed by atoms with Gasteiger partial charge in [-0.3, -0.25) is 86.7 Å². The summed E-state index contributed by atoms with van der Waals surface area (Å²) >= 11 is 0. The number of nitrogens with one attached hydrogen (secondary N) is 12. The predicted molar refractivity (Wildman–Crippen MR) is 445 cm³/mol. The zero-order valence-electron chi connectivity index (χ0n) is 70.8. The highest BCUT2D eigenvalue weighted by molar-refractivity contribution is 6.00. The average molecular weight is 1700 g/mol. The van der Waals surface area contributed by atoms with Gasteiger partial charge in [0.05, 0.1) is 13.0 Å². The zero-order chi connectivity index (χ0) is 90.4. The van der Waals surface area contributed by atoms with Crippen molar-refractivity contribution in [2.24, 2.45) is 56.4 Å². The van der Waals surface area contributed by atoms with E-state index in [0.29, 0.717) is 18.4 Å². The zero-order valence-corrected chi connectivity index (χ0v) is 70.8. The monoisotopic (exact) mass is 1700 g/mol. The number of guanidine groups is 2. The number of aliphatic imine (C=N–C) groups is 2. The lowest BCUT2D eigenvalue weighted by Crippen LogP contribution is -2.60. The third-order valence-corrected chi connectivity index (χ3v) is 19.8. The number of rotatable bonds is 66. The van der Waals surface area contributed by atoms with Crippen molar-refractivity contribution in [3.05, 3.63) is 35.9 Å². The van der Waals surface area contributed by atoms with Crippen LogP contribution in [0.5, 0.6) is 0 Å². The number of nitrogens with zero attached hydrogens (tertiary/aromatic N) is 2. The van der Waals surface area contributed by atoms with Crippen LogP contribution in [-0.2, 0) is 87.9 Å². The topological polar surface area (TPSA) is 670 Å². The van der Waals surface area contributed by atoms with Crippen molar-refractivity contribution < 1.29 is 102 Å². The van der Waals surface area contributed by atoms with E-state index in [1.807, 2.05) is 6.92 Å². The van der Waals surface area contributed by atoms with Crippen molar-refractivity contribution in [1.29, 1.82) is 0 Å². The molecular weight excluding hydrogens is 1560 g/mol. The fourth-order valence-corrected chi connectivity index (χ4v) is 12.5. The SMILES string of the molecule is CCCCCCCCCCCCCCCCC(=O)N[C@H](C(=O)N[C@@H](C)C(=O)N[C@@H](CCC(N)=O)C(=O)N[C@@H](CCC(=O)O)C(=O)N[C@@H](CC(C)C)C(=O)N[C@@H](CCCN=C(N)N)C(=O)N[C@@H](CCCN=C(N)N)C(=O)N[C@H](C(=O)NCC(=O)N[C@@H](CC(=O)O)C(=O)N[C@@H](CCC(=O)O)C(=O)N[C@@H](Cc1ccccc1)C(=O)O)[C@@H](C)CC)[C@@H](C)CC. The van der Waals surface area contributed by atoms with Gasteiger partial charge in [-0.2, -0.15) is 0 Å². The summed E-state index contributed by atoms with van der Waals surface area (Å²) < 4.78 is 0. The molecule has 0 radical (unpaired) electrons. The second-order valence-electron chi connectivity index (χ2n) is 30.7. The van der Waals surface area contributed by atoms with Crippen molar-refractivity contribution in [3.63, 3.8) is 0 Å². The van der Waals surface area contributed by atoms with E-state index in [2.05, 4.69) is 80.7 Å². The Bertz CT molecular complexity index is 3520. The molecule has 0 aliphatic carbocycles. The van der Waals surface area contributed by atoms with Gasteiger partial charge >= 0.3 is 23.9 Å². The summed E-state index contributed by atoms with van der Waals surface area (Å²) in [6.45, 7) is 12.5. The van der Waals surface area contributed by atoms with E-state index >= 15 is 0 Å². The number of carbonyl (C=O) groups excluding carboxylic acids is 13. The van der Waals surface area contributed by atoms with Crippen LogP contribution in [-0.4, -0.2) is 219 Å².